The van der Waals surface area contributed by atoms with Crippen LogP contribution in [0.25, 0.3) is 17.0 Å². The molecule has 0 unspecified atom stereocenters. The minimum Gasteiger partial charge on any atom is -0.463 e. The molecule has 0 spiro atoms. The molecule has 29 heavy (non-hydrogen) atoms. The summed E-state index contributed by atoms with van der Waals surface area (Å²) in [6.45, 7) is 1.71. The second kappa shape index (κ2) is 8.24. The fourth-order valence-electron chi connectivity index (χ4n) is 2.77. The highest BCUT2D eigenvalue weighted by molar-refractivity contribution is 6.30. The van der Waals surface area contributed by atoms with Crippen LogP contribution in [-0.2, 0) is 22.3 Å². The molecule has 0 saturated heterocycles. The van der Waals surface area contributed by atoms with E-state index in [1.807, 2.05) is 0 Å². The number of ether oxygens (including phenoxy) is 1. The SMILES string of the molecule is CCOC(=O)/C=C/c1nn(Cc2ccc(Cl)cc2F)c2cc(C(F)(F)F)ccc12. The molecule has 9 heteroatoms. The van der Waals surface area contributed by atoms with Gasteiger partial charge in [0.25, 0.3) is 0 Å². The maximum Gasteiger partial charge on any atom is 0.416 e. The van der Waals surface area contributed by atoms with Crippen molar-refractivity contribution in [2.24, 2.45) is 0 Å². The topological polar surface area (TPSA) is 44.1 Å². The van der Waals surface area contributed by atoms with Crippen molar-refractivity contribution in [3.63, 3.8) is 0 Å². The third kappa shape index (κ3) is 4.76. The molecule has 0 aliphatic rings. The van der Waals surface area contributed by atoms with Crippen LogP contribution >= 0.6 is 11.6 Å². The summed E-state index contributed by atoms with van der Waals surface area (Å²) in [5, 5.41) is 4.84. The van der Waals surface area contributed by atoms with E-state index in [1.165, 1.54) is 29.0 Å². The van der Waals surface area contributed by atoms with Crippen LogP contribution in [-0.4, -0.2) is 22.4 Å². The summed E-state index contributed by atoms with van der Waals surface area (Å²) in [5.41, 5.74) is -0.241. The van der Waals surface area contributed by atoms with E-state index < -0.39 is 23.5 Å². The summed E-state index contributed by atoms with van der Waals surface area (Å²) in [6.07, 6.45) is -2.06. The van der Waals surface area contributed by atoms with Gasteiger partial charge < -0.3 is 4.74 Å². The Kier molecular flexibility index (Phi) is 5.93. The Balaban J connectivity index is 2.09. The lowest BCUT2D eigenvalue weighted by Gasteiger charge is -2.09. The third-order valence-electron chi connectivity index (χ3n) is 4.11. The van der Waals surface area contributed by atoms with Crippen LogP contribution in [0.2, 0.25) is 5.02 Å². The van der Waals surface area contributed by atoms with Crippen molar-refractivity contribution in [1.82, 2.24) is 9.78 Å². The summed E-state index contributed by atoms with van der Waals surface area (Å²) in [7, 11) is 0. The van der Waals surface area contributed by atoms with Crippen molar-refractivity contribution in [3.05, 3.63) is 70.1 Å². The number of fused-ring (bicyclic) bond motifs is 1. The molecule has 4 nitrogen and oxygen atoms in total. The molecule has 0 amide bonds. The zero-order valence-electron chi connectivity index (χ0n) is 15.1. The quantitative estimate of drug-likeness (QED) is 0.308. The van der Waals surface area contributed by atoms with Gasteiger partial charge in [0, 0.05) is 22.0 Å². The predicted octanol–water partition coefficient (Wildman–Crippen LogP) is 5.47. The normalized spacial score (nSPS) is 12.1. The number of hydrogen-bond donors (Lipinski definition) is 0. The first-order chi connectivity index (χ1) is 13.7. The van der Waals surface area contributed by atoms with Gasteiger partial charge in [0.05, 0.1) is 29.9 Å². The average Bonchev–Trinajstić information content (AvgIpc) is 2.99. The molecule has 3 rings (SSSR count). The second-order valence-corrected chi connectivity index (χ2v) is 6.53. The lowest BCUT2D eigenvalue weighted by Crippen LogP contribution is -2.07. The average molecular weight is 427 g/mol. The van der Waals surface area contributed by atoms with E-state index >= 15 is 0 Å². The molecule has 0 radical (unpaired) electrons. The molecular weight excluding hydrogens is 412 g/mol. The van der Waals surface area contributed by atoms with Gasteiger partial charge in [0.2, 0.25) is 0 Å². The van der Waals surface area contributed by atoms with Gasteiger partial charge in [-0.05, 0) is 43.3 Å². The van der Waals surface area contributed by atoms with Crippen molar-refractivity contribution in [2.45, 2.75) is 19.6 Å². The van der Waals surface area contributed by atoms with Gasteiger partial charge in [-0.15, -0.1) is 0 Å². The number of carbonyl (C=O) groups is 1. The Hall–Kier alpha value is -2.87. The highest BCUT2D eigenvalue weighted by Gasteiger charge is 2.31. The molecule has 0 N–H and O–H groups in total. The van der Waals surface area contributed by atoms with Crippen LogP contribution in [0.15, 0.2) is 42.5 Å². The fraction of sp³-hybridized carbons (Fsp3) is 0.200. The Bertz CT molecular complexity index is 1090. The summed E-state index contributed by atoms with van der Waals surface area (Å²) < 4.78 is 59.7. The molecule has 1 heterocycles. The van der Waals surface area contributed by atoms with E-state index in [1.54, 1.807) is 6.92 Å². The van der Waals surface area contributed by atoms with E-state index in [-0.39, 0.29) is 34.9 Å². The zero-order valence-corrected chi connectivity index (χ0v) is 15.9. The number of esters is 1. The number of rotatable bonds is 5. The Morgan fingerprint density at radius 3 is 2.66 bits per heavy atom. The van der Waals surface area contributed by atoms with Gasteiger partial charge in [0.15, 0.2) is 0 Å². The molecule has 0 bridgehead atoms. The van der Waals surface area contributed by atoms with Gasteiger partial charge in [-0.25, -0.2) is 9.18 Å². The number of nitrogens with zero attached hydrogens (tertiary/aromatic N) is 2. The largest absolute Gasteiger partial charge is 0.463 e. The van der Waals surface area contributed by atoms with Crippen LogP contribution in [0.3, 0.4) is 0 Å². The van der Waals surface area contributed by atoms with E-state index in [4.69, 9.17) is 16.3 Å². The van der Waals surface area contributed by atoms with Crippen LogP contribution < -0.4 is 0 Å². The van der Waals surface area contributed by atoms with Gasteiger partial charge in [-0.1, -0.05) is 17.7 Å². The van der Waals surface area contributed by atoms with Crippen molar-refractivity contribution >= 4 is 34.5 Å². The molecule has 0 saturated carbocycles. The first kappa shape index (κ1) is 20.9. The first-order valence-corrected chi connectivity index (χ1v) is 8.93. The van der Waals surface area contributed by atoms with Gasteiger partial charge in [-0.3, -0.25) is 4.68 Å². The van der Waals surface area contributed by atoms with Gasteiger partial charge in [-0.2, -0.15) is 18.3 Å². The monoisotopic (exact) mass is 426 g/mol. The first-order valence-electron chi connectivity index (χ1n) is 8.55. The molecule has 0 fully saturated rings. The number of halogens is 5. The molecule has 0 atom stereocenters. The van der Waals surface area contributed by atoms with Gasteiger partial charge in [0.1, 0.15) is 5.82 Å². The highest BCUT2D eigenvalue weighted by Crippen LogP contribution is 2.33. The zero-order chi connectivity index (χ0) is 21.2. The van der Waals surface area contributed by atoms with E-state index in [2.05, 4.69) is 5.10 Å². The van der Waals surface area contributed by atoms with Crippen molar-refractivity contribution in [3.8, 4) is 0 Å². The number of alkyl halides is 3. The molecule has 2 aromatic carbocycles. The molecule has 0 aliphatic heterocycles. The van der Waals surface area contributed by atoms with Crippen molar-refractivity contribution in [1.29, 1.82) is 0 Å². The standard InChI is InChI=1S/C20H15ClF4N2O2/c1-2-29-19(28)8-7-17-15-6-4-13(20(23,24)25)9-18(15)27(26-17)11-12-3-5-14(21)10-16(12)22/h3-10H,2,11H2,1H3/b8-7+. The Morgan fingerprint density at radius 2 is 2.00 bits per heavy atom. The fourth-order valence-corrected chi connectivity index (χ4v) is 2.93. The van der Waals surface area contributed by atoms with Crippen LogP contribution in [0.5, 0.6) is 0 Å². The summed E-state index contributed by atoms with van der Waals surface area (Å²) in [4.78, 5) is 11.6. The van der Waals surface area contributed by atoms with Crippen LogP contribution in [0.4, 0.5) is 17.6 Å². The second-order valence-electron chi connectivity index (χ2n) is 6.09. The smallest absolute Gasteiger partial charge is 0.416 e. The van der Waals surface area contributed by atoms with E-state index in [0.29, 0.717) is 5.39 Å². The number of hydrogen-bond acceptors (Lipinski definition) is 3. The van der Waals surface area contributed by atoms with E-state index in [0.717, 1.165) is 24.3 Å². The molecule has 0 aliphatic carbocycles. The lowest BCUT2D eigenvalue weighted by molar-refractivity contribution is -0.138. The Morgan fingerprint density at radius 1 is 1.24 bits per heavy atom. The number of carbonyl (C=O) groups excluding carboxylic acids is 1. The van der Waals surface area contributed by atoms with E-state index in [9.17, 15) is 22.4 Å². The minimum absolute atomic E-state index is 0.117. The minimum atomic E-state index is -4.55. The summed E-state index contributed by atoms with van der Waals surface area (Å²) in [5.74, 6) is -1.21. The number of benzene rings is 2. The van der Waals surface area contributed by atoms with Crippen molar-refractivity contribution < 1.29 is 27.1 Å². The van der Waals surface area contributed by atoms with Crippen LogP contribution in [0, 0.1) is 5.82 Å². The van der Waals surface area contributed by atoms with Gasteiger partial charge >= 0.3 is 12.1 Å². The highest BCUT2D eigenvalue weighted by atomic mass is 35.5. The third-order valence-corrected chi connectivity index (χ3v) is 4.34. The molecule has 1 aromatic heterocycles. The summed E-state index contributed by atoms with van der Waals surface area (Å²) in [6, 6.07) is 7.17. The number of aromatic nitrogens is 2. The molecule has 3 aromatic rings. The van der Waals surface area contributed by atoms with Crippen LogP contribution in [0.1, 0.15) is 23.7 Å². The predicted molar refractivity (Wildman–Crippen MR) is 101 cm³/mol. The molecule has 152 valence electrons. The lowest BCUT2D eigenvalue weighted by atomic mass is 10.1. The Labute approximate surface area is 168 Å². The summed E-state index contributed by atoms with van der Waals surface area (Å²) >= 11 is 5.75. The maximum atomic E-state index is 14.2. The van der Waals surface area contributed by atoms with Crippen molar-refractivity contribution in [2.75, 3.05) is 6.61 Å². The molecular formula is C20H15ClF4N2O2. The maximum absolute atomic E-state index is 14.2.